The molecule has 3 fully saturated rings. The standard InChI is InChI=1S/C9H16BNO3/c1-12-5-9-4-11-6(8(10)14-9)3-7(9)13-2/h6-8,11H,3-5H2,1-2H3/t6?,7?,8-,9+/m1/s1. The highest BCUT2D eigenvalue weighted by atomic mass is 16.6. The molecule has 0 amide bonds. The monoisotopic (exact) mass is 197 g/mol. The highest BCUT2D eigenvalue weighted by molar-refractivity contribution is 6.11. The van der Waals surface area contributed by atoms with E-state index in [1.165, 1.54) is 0 Å². The maximum Gasteiger partial charge on any atom is 0.129 e. The van der Waals surface area contributed by atoms with Crippen molar-refractivity contribution >= 4 is 7.85 Å². The smallest absolute Gasteiger partial charge is 0.129 e. The average Bonchev–Trinajstić information content (AvgIpc) is 2.18. The third kappa shape index (κ3) is 1.48. The Balaban J connectivity index is 2.15. The molecule has 0 aromatic heterocycles. The van der Waals surface area contributed by atoms with Gasteiger partial charge in [-0.2, -0.15) is 0 Å². The lowest BCUT2D eigenvalue weighted by Crippen LogP contribution is -2.72. The fraction of sp³-hybridized carbons (Fsp3) is 1.00. The second-order valence-electron chi connectivity index (χ2n) is 4.03. The first-order valence-corrected chi connectivity index (χ1v) is 4.90. The fourth-order valence-corrected chi connectivity index (χ4v) is 2.40. The van der Waals surface area contributed by atoms with Crippen LogP contribution in [0, 0.1) is 0 Å². The molecule has 3 saturated heterocycles. The van der Waals surface area contributed by atoms with Gasteiger partial charge >= 0.3 is 0 Å². The van der Waals surface area contributed by atoms with E-state index in [0.717, 1.165) is 13.0 Å². The van der Waals surface area contributed by atoms with E-state index in [-0.39, 0.29) is 18.1 Å². The topological polar surface area (TPSA) is 39.7 Å². The van der Waals surface area contributed by atoms with Gasteiger partial charge in [0.15, 0.2) is 0 Å². The second-order valence-corrected chi connectivity index (χ2v) is 4.03. The van der Waals surface area contributed by atoms with Crippen LogP contribution in [0.25, 0.3) is 0 Å². The molecule has 5 heteroatoms. The number of methoxy groups -OCH3 is 2. The minimum absolute atomic E-state index is 0.0773. The molecule has 2 unspecified atom stereocenters. The first kappa shape index (κ1) is 10.4. The van der Waals surface area contributed by atoms with E-state index in [0.29, 0.717) is 6.61 Å². The lowest BCUT2D eigenvalue weighted by atomic mass is 9.76. The predicted molar refractivity (Wildman–Crippen MR) is 52.4 cm³/mol. The van der Waals surface area contributed by atoms with Crippen molar-refractivity contribution in [2.24, 2.45) is 0 Å². The van der Waals surface area contributed by atoms with Crippen molar-refractivity contribution in [2.75, 3.05) is 27.4 Å². The molecule has 3 aliphatic heterocycles. The summed E-state index contributed by atoms with van der Waals surface area (Å²) in [4.78, 5) is 0. The molecule has 4 nitrogen and oxygen atoms in total. The van der Waals surface area contributed by atoms with Crippen LogP contribution in [0.15, 0.2) is 0 Å². The molecule has 3 aliphatic rings. The van der Waals surface area contributed by atoms with Crippen LogP contribution in [0.2, 0.25) is 0 Å². The van der Waals surface area contributed by atoms with Crippen LogP contribution >= 0.6 is 0 Å². The number of nitrogens with one attached hydrogen (secondary N) is 1. The molecule has 1 N–H and O–H groups in total. The van der Waals surface area contributed by atoms with E-state index in [1.54, 1.807) is 14.2 Å². The van der Waals surface area contributed by atoms with Crippen molar-refractivity contribution in [1.29, 1.82) is 0 Å². The summed E-state index contributed by atoms with van der Waals surface area (Å²) in [5, 5.41) is 3.35. The highest BCUT2D eigenvalue weighted by Gasteiger charge is 2.52. The number of morpholine rings is 1. The number of hydrogen-bond donors (Lipinski definition) is 1. The molecular formula is C9H16BNO3. The summed E-state index contributed by atoms with van der Waals surface area (Å²) in [6.45, 7) is 1.26. The Kier molecular flexibility index (Phi) is 2.84. The van der Waals surface area contributed by atoms with E-state index in [9.17, 15) is 0 Å². The van der Waals surface area contributed by atoms with Crippen LogP contribution in [0.3, 0.4) is 0 Å². The van der Waals surface area contributed by atoms with Gasteiger partial charge in [0.05, 0.1) is 12.7 Å². The third-order valence-electron chi connectivity index (χ3n) is 3.16. The summed E-state index contributed by atoms with van der Waals surface area (Å²) in [5.74, 6) is 0. The largest absolute Gasteiger partial charge is 0.382 e. The molecule has 0 aromatic carbocycles. The van der Waals surface area contributed by atoms with E-state index >= 15 is 0 Å². The van der Waals surface area contributed by atoms with Crippen molar-refractivity contribution in [3.05, 3.63) is 0 Å². The molecule has 3 rings (SSSR count). The van der Waals surface area contributed by atoms with E-state index in [1.807, 2.05) is 0 Å². The van der Waals surface area contributed by atoms with Crippen LogP contribution in [0.1, 0.15) is 6.42 Å². The van der Waals surface area contributed by atoms with E-state index in [2.05, 4.69) is 5.32 Å². The molecule has 0 aromatic rings. The van der Waals surface area contributed by atoms with Gasteiger partial charge in [-0.15, -0.1) is 0 Å². The first-order chi connectivity index (χ1) is 6.72. The summed E-state index contributed by atoms with van der Waals surface area (Å²) >= 11 is 0. The lowest BCUT2D eigenvalue weighted by Gasteiger charge is -2.54. The van der Waals surface area contributed by atoms with Crippen molar-refractivity contribution in [3.63, 3.8) is 0 Å². The Morgan fingerprint density at radius 3 is 2.93 bits per heavy atom. The molecule has 0 aliphatic carbocycles. The summed E-state index contributed by atoms with van der Waals surface area (Å²) in [5.41, 5.74) is -0.405. The van der Waals surface area contributed by atoms with Gasteiger partial charge in [-0.3, -0.25) is 0 Å². The summed E-state index contributed by atoms with van der Waals surface area (Å²) in [7, 11) is 9.23. The molecule has 14 heavy (non-hydrogen) atoms. The van der Waals surface area contributed by atoms with Gasteiger partial charge in [-0.05, 0) is 6.42 Å². The number of hydrogen-bond acceptors (Lipinski definition) is 4. The first-order valence-electron chi connectivity index (χ1n) is 4.90. The van der Waals surface area contributed by atoms with Crippen LogP contribution < -0.4 is 5.32 Å². The maximum atomic E-state index is 5.86. The van der Waals surface area contributed by atoms with E-state index < -0.39 is 5.60 Å². The second kappa shape index (κ2) is 3.81. The predicted octanol–water partition coefficient (Wildman–Crippen LogP) is -0.727. The molecule has 4 atom stereocenters. The molecule has 2 radical (unpaired) electrons. The molecule has 3 heterocycles. The number of rotatable bonds is 3. The Morgan fingerprint density at radius 1 is 1.57 bits per heavy atom. The molecule has 2 bridgehead atoms. The zero-order chi connectivity index (χ0) is 10.2. The summed E-state index contributed by atoms with van der Waals surface area (Å²) in [6.07, 6.45) is 0.967. The lowest BCUT2D eigenvalue weighted by molar-refractivity contribution is -0.229. The normalized spacial score (nSPS) is 46.9. The minimum Gasteiger partial charge on any atom is -0.382 e. The number of ether oxygens (including phenoxy) is 3. The average molecular weight is 197 g/mol. The summed E-state index contributed by atoms with van der Waals surface area (Å²) in [6, 6.07) is -0.0380. The van der Waals surface area contributed by atoms with Crippen molar-refractivity contribution in [1.82, 2.24) is 5.32 Å². The van der Waals surface area contributed by atoms with Crippen LogP contribution in [0.4, 0.5) is 0 Å². The van der Waals surface area contributed by atoms with Gasteiger partial charge in [0, 0.05) is 32.8 Å². The quantitative estimate of drug-likeness (QED) is 0.605. The van der Waals surface area contributed by atoms with Gasteiger partial charge in [0.25, 0.3) is 0 Å². The highest BCUT2D eigenvalue weighted by Crippen LogP contribution is 2.34. The zero-order valence-electron chi connectivity index (χ0n) is 8.66. The number of fused-ring (bicyclic) bond motifs is 3. The van der Waals surface area contributed by atoms with Gasteiger partial charge in [0.1, 0.15) is 13.4 Å². The third-order valence-corrected chi connectivity index (χ3v) is 3.16. The maximum absolute atomic E-state index is 5.86. The van der Waals surface area contributed by atoms with Crippen LogP contribution in [-0.2, 0) is 14.2 Å². The number of piperidine rings is 1. The summed E-state index contributed by atoms with van der Waals surface area (Å²) < 4.78 is 16.4. The van der Waals surface area contributed by atoms with Crippen LogP contribution in [-0.4, -0.2) is 59.0 Å². The SMILES string of the molecule is [B][C@@H]1O[C@]2(COC)CNC1CC2OC. The fourth-order valence-electron chi connectivity index (χ4n) is 2.40. The van der Waals surface area contributed by atoms with Crippen LogP contribution in [0.5, 0.6) is 0 Å². The molecule has 78 valence electrons. The Hall–Kier alpha value is -0.0951. The molecule has 0 saturated carbocycles. The van der Waals surface area contributed by atoms with Gasteiger partial charge in [-0.25, -0.2) is 0 Å². The van der Waals surface area contributed by atoms with Gasteiger partial charge in [0.2, 0.25) is 0 Å². The molecule has 0 spiro atoms. The van der Waals surface area contributed by atoms with Crippen molar-refractivity contribution < 1.29 is 14.2 Å². The van der Waals surface area contributed by atoms with E-state index in [4.69, 9.17) is 22.1 Å². The van der Waals surface area contributed by atoms with Gasteiger partial charge in [-0.1, -0.05) is 0 Å². The van der Waals surface area contributed by atoms with Crippen molar-refractivity contribution in [2.45, 2.75) is 30.2 Å². The Morgan fingerprint density at radius 2 is 2.36 bits per heavy atom. The van der Waals surface area contributed by atoms with Crippen molar-refractivity contribution in [3.8, 4) is 0 Å². The molecular weight excluding hydrogens is 181 g/mol. The zero-order valence-corrected chi connectivity index (χ0v) is 8.66. The Labute approximate surface area is 85.7 Å². The van der Waals surface area contributed by atoms with Gasteiger partial charge < -0.3 is 19.5 Å². The minimum atomic E-state index is -0.405. The Bertz CT molecular complexity index is 212.